The van der Waals surface area contributed by atoms with Crippen molar-refractivity contribution in [2.24, 2.45) is 5.41 Å². The van der Waals surface area contributed by atoms with Gasteiger partial charge in [0, 0.05) is 0 Å². The second kappa shape index (κ2) is 10.4. The maximum atomic E-state index is 11.3. The number of carbonyl (C=O) groups is 1. The number of hydrogen-bond acceptors (Lipinski definition) is 4. The first kappa shape index (κ1) is 25.8. The Morgan fingerprint density at radius 3 is 2.17 bits per heavy atom. The second-order valence-electron chi connectivity index (χ2n) is 11.1. The maximum absolute atomic E-state index is 11.3. The molecule has 1 heterocycles. The van der Waals surface area contributed by atoms with Crippen LogP contribution in [0.25, 0.3) is 11.1 Å². The van der Waals surface area contributed by atoms with Crippen LogP contribution in [0.2, 0.25) is 0 Å². The van der Waals surface area contributed by atoms with Crippen molar-refractivity contribution in [1.29, 1.82) is 0 Å². The summed E-state index contributed by atoms with van der Waals surface area (Å²) in [4.78, 5) is 11.3. The minimum absolute atomic E-state index is 0.0719. The fourth-order valence-electron chi connectivity index (χ4n) is 4.66. The molecule has 0 saturated carbocycles. The monoisotopic (exact) mass is 488 g/mol. The van der Waals surface area contributed by atoms with E-state index in [0.717, 1.165) is 28.2 Å². The van der Waals surface area contributed by atoms with Crippen molar-refractivity contribution in [1.82, 2.24) is 0 Å². The van der Waals surface area contributed by atoms with Gasteiger partial charge in [0.1, 0.15) is 18.1 Å². The third kappa shape index (κ3) is 6.08. The molecule has 1 aliphatic heterocycles. The second-order valence-corrected chi connectivity index (χ2v) is 11.1. The summed E-state index contributed by atoms with van der Waals surface area (Å²) in [5.41, 5.74) is 6.48. The van der Waals surface area contributed by atoms with Crippen molar-refractivity contribution < 1.29 is 24.1 Å². The zero-order chi connectivity index (χ0) is 25.9. The van der Waals surface area contributed by atoms with Crippen LogP contribution < -0.4 is 9.47 Å². The Bertz CT molecular complexity index is 1190. The summed E-state index contributed by atoms with van der Waals surface area (Å²) in [6.45, 7) is 12.8. The van der Waals surface area contributed by atoms with Gasteiger partial charge in [-0.1, -0.05) is 51.1 Å². The number of carboxylic acid groups (broad SMARTS) is 1. The minimum atomic E-state index is -0.809. The molecule has 4 rings (SSSR count). The van der Waals surface area contributed by atoms with E-state index in [1.807, 2.05) is 24.3 Å². The van der Waals surface area contributed by atoms with Crippen molar-refractivity contribution in [2.75, 3.05) is 19.8 Å². The van der Waals surface area contributed by atoms with Crippen LogP contribution in [0.3, 0.4) is 0 Å². The van der Waals surface area contributed by atoms with Gasteiger partial charge >= 0.3 is 5.97 Å². The zero-order valence-electron chi connectivity index (χ0n) is 21.9. The Morgan fingerprint density at radius 1 is 0.944 bits per heavy atom. The number of carboxylic acids is 1. The minimum Gasteiger partial charge on any atom is -0.493 e. The molecule has 5 nitrogen and oxygen atoms in total. The lowest BCUT2D eigenvalue weighted by molar-refractivity contribution is -0.145. The number of ether oxygens (including phenoxy) is 3. The molecule has 0 unspecified atom stereocenters. The van der Waals surface area contributed by atoms with E-state index in [1.54, 1.807) is 0 Å². The SMILES string of the molecule is Cc1cc(OCC(C)(C)C)cc(C)c1-c1cccc(COc2ccc(C3(CC(=O)O)COC3)cc2)c1. The first-order valence-corrected chi connectivity index (χ1v) is 12.4. The van der Waals surface area contributed by atoms with Gasteiger partial charge < -0.3 is 19.3 Å². The molecule has 1 aliphatic rings. The van der Waals surface area contributed by atoms with Crippen molar-refractivity contribution >= 4 is 5.97 Å². The van der Waals surface area contributed by atoms with E-state index in [1.165, 1.54) is 16.7 Å². The predicted octanol–water partition coefficient (Wildman–Crippen LogP) is 6.72. The highest BCUT2D eigenvalue weighted by molar-refractivity contribution is 5.72. The molecule has 5 heteroatoms. The average Bonchev–Trinajstić information content (AvgIpc) is 2.78. The van der Waals surface area contributed by atoms with Crippen LogP contribution in [0, 0.1) is 19.3 Å². The smallest absolute Gasteiger partial charge is 0.304 e. The van der Waals surface area contributed by atoms with E-state index >= 15 is 0 Å². The Morgan fingerprint density at radius 2 is 1.61 bits per heavy atom. The molecule has 3 aromatic carbocycles. The highest BCUT2D eigenvalue weighted by Gasteiger charge is 2.42. The first-order valence-electron chi connectivity index (χ1n) is 12.4. The molecular formula is C31H36O5. The Balaban J connectivity index is 1.44. The molecule has 0 amide bonds. The number of aryl methyl sites for hydroxylation is 2. The molecule has 0 bridgehead atoms. The lowest BCUT2D eigenvalue weighted by Crippen LogP contribution is -2.48. The summed E-state index contributed by atoms with van der Waals surface area (Å²) in [6.07, 6.45) is 0.0719. The van der Waals surface area contributed by atoms with Gasteiger partial charge in [0.05, 0.1) is 31.7 Å². The van der Waals surface area contributed by atoms with Crippen molar-refractivity contribution in [3.63, 3.8) is 0 Å². The lowest BCUT2D eigenvalue weighted by atomic mass is 9.76. The number of aliphatic carboxylic acids is 1. The topological polar surface area (TPSA) is 65.0 Å². The zero-order valence-corrected chi connectivity index (χ0v) is 21.9. The molecule has 36 heavy (non-hydrogen) atoms. The van der Waals surface area contributed by atoms with Crippen LogP contribution in [0.5, 0.6) is 11.5 Å². The van der Waals surface area contributed by atoms with E-state index in [9.17, 15) is 9.90 Å². The molecule has 0 radical (unpaired) electrons. The standard InChI is InChI=1S/C31H36O5/c1-21-13-27(36-18-30(3,4)5)14-22(2)29(21)24-8-6-7-23(15-24)17-35-26-11-9-25(10-12-26)31(16-28(32)33)19-34-20-31/h6-15H,16-20H2,1-5H3,(H,32,33). The Hall–Kier alpha value is -3.31. The summed E-state index contributed by atoms with van der Waals surface area (Å²) in [7, 11) is 0. The van der Waals surface area contributed by atoms with Crippen LogP contribution in [0.4, 0.5) is 0 Å². The predicted molar refractivity (Wildman–Crippen MR) is 142 cm³/mol. The van der Waals surface area contributed by atoms with Gasteiger partial charge in [0.15, 0.2) is 0 Å². The fraction of sp³-hybridized carbons (Fsp3) is 0.387. The van der Waals surface area contributed by atoms with Gasteiger partial charge in [-0.05, 0) is 83.0 Å². The summed E-state index contributed by atoms with van der Waals surface area (Å²) in [5.74, 6) is 0.851. The van der Waals surface area contributed by atoms with E-state index in [4.69, 9.17) is 14.2 Å². The summed E-state index contributed by atoms with van der Waals surface area (Å²) < 4.78 is 17.4. The number of hydrogen-bond donors (Lipinski definition) is 1. The molecule has 1 saturated heterocycles. The molecule has 0 aliphatic carbocycles. The quantitative estimate of drug-likeness (QED) is 0.362. The summed E-state index contributed by atoms with van der Waals surface area (Å²) in [6, 6.07) is 20.4. The normalized spacial score (nSPS) is 14.7. The van der Waals surface area contributed by atoms with E-state index in [2.05, 4.69) is 71.0 Å². The van der Waals surface area contributed by atoms with Gasteiger partial charge in [0.25, 0.3) is 0 Å². The fourth-order valence-corrected chi connectivity index (χ4v) is 4.66. The molecule has 0 atom stereocenters. The first-order chi connectivity index (χ1) is 17.0. The van der Waals surface area contributed by atoms with E-state index in [-0.39, 0.29) is 11.8 Å². The van der Waals surface area contributed by atoms with Gasteiger partial charge in [-0.25, -0.2) is 0 Å². The average molecular weight is 489 g/mol. The molecule has 3 aromatic rings. The molecule has 190 valence electrons. The van der Waals surface area contributed by atoms with Crippen molar-refractivity contribution in [2.45, 2.75) is 53.1 Å². The van der Waals surface area contributed by atoms with Crippen LogP contribution in [-0.2, 0) is 21.6 Å². The third-order valence-electron chi connectivity index (χ3n) is 6.51. The van der Waals surface area contributed by atoms with Crippen LogP contribution in [0.1, 0.15) is 49.4 Å². The lowest BCUT2D eigenvalue weighted by Gasteiger charge is -2.40. The Kier molecular flexibility index (Phi) is 7.41. The van der Waals surface area contributed by atoms with E-state index < -0.39 is 11.4 Å². The van der Waals surface area contributed by atoms with Crippen molar-refractivity contribution in [3.8, 4) is 22.6 Å². The number of benzene rings is 3. The van der Waals surface area contributed by atoms with Gasteiger partial charge in [-0.2, -0.15) is 0 Å². The van der Waals surface area contributed by atoms with Gasteiger partial charge in [-0.15, -0.1) is 0 Å². The van der Waals surface area contributed by atoms with Crippen molar-refractivity contribution in [3.05, 3.63) is 82.9 Å². The van der Waals surface area contributed by atoms with Crippen LogP contribution in [-0.4, -0.2) is 30.9 Å². The largest absolute Gasteiger partial charge is 0.493 e. The van der Waals surface area contributed by atoms with Crippen LogP contribution >= 0.6 is 0 Å². The van der Waals surface area contributed by atoms with E-state index in [0.29, 0.717) is 26.4 Å². The third-order valence-corrected chi connectivity index (χ3v) is 6.51. The maximum Gasteiger partial charge on any atom is 0.304 e. The molecular weight excluding hydrogens is 452 g/mol. The summed E-state index contributed by atoms with van der Waals surface area (Å²) in [5, 5.41) is 9.26. The molecule has 0 spiro atoms. The van der Waals surface area contributed by atoms with Gasteiger partial charge in [-0.3, -0.25) is 4.79 Å². The molecule has 0 aromatic heterocycles. The summed E-state index contributed by atoms with van der Waals surface area (Å²) >= 11 is 0. The Labute approximate surface area is 214 Å². The molecule has 1 N–H and O–H groups in total. The van der Waals surface area contributed by atoms with Gasteiger partial charge in [0.2, 0.25) is 0 Å². The molecule has 1 fully saturated rings. The highest BCUT2D eigenvalue weighted by atomic mass is 16.5. The number of rotatable bonds is 9. The highest BCUT2D eigenvalue weighted by Crippen LogP contribution is 2.37. The van der Waals surface area contributed by atoms with Crippen LogP contribution in [0.15, 0.2) is 60.7 Å².